The van der Waals surface area contributed by atoms with Crippen molar-refractivity contribution >= 4 is 16.9 Å². The summed E-state index contributed by atoms with van der Waals surface area (Å²) >= 11 is 0. The van der Waals surface area contributed by atoms with Crippen LogP contribution in [0.2, 0.25) is 0 Å². The predicted octanol–water partition coefficient (Wildman–Crippen LogP) is 3.87. The van der Waals surface area contributed by atoms with Crippen LogP contribution in [0, 0.1) is 6.92 Å². The molecule has 0 unspecified atom stereocenters. The molecule has 6 nitrogen and oxygen atoms in total. The highest BCUT2D eigenvalue weighted by molar-refractivity contribution is 5.82. The Kier molecular flexibility index (Phi) is 8.67. The Hall–Kier alpha value is -3.12. The molecule has 3 rings (SSSR count). The Balaban J connectivity index is 1.64. The second kappa shape index (κ2) is 11.9. The summed E-state index contributed by atoms with van der Waals surface area (Å²) in [5.41, 5.74) is 4.51. The summed E-state index contributed by atoms with van der Waals surface area (Å²) in [6.07, 6.45) is 2.72. The number of aryl methyl sites for hydroxylation is 1. The Morgan fingerprint density at radius 1 is 1.03 bits per heavy atom. The lowest BCUT2D eigenvalue weighted by atomic mass is 10.1. The van der Waals surface area contributed by atoms with Crippen LogP contribution in [0.5, 0.6) is 5.75 Å². The molecule has 1 heterocycles. The fraction of sp³-hybridized carbons (Fsp3) is 0.360. The van der Waals surface area contributed by atoms with E-state index in [9.17, 15) is 0 Å². The lowest BCUT2D eigenvalue weighted by Gasteiger charge is -2.14. The van der Waals surface area contributed by atoms with E-state index in [1.807, 2.05) is 18.3 Å². The zero-order valence-corrected chi connectivity index (χ0v) is 18.6. The van der Waals surface area contributed by atoms with Gasteiger partial charge < -0.3 is 20.1 Å². The molecule has 0 saturated carbocycles. The van der Waals surface area contributed by atoms with Gasteiger partial charge in [0, 0.05) is 37.3 Å². The molecule has 2 N–H and O–H groups in total. The smallest absolute Gasteiger partial charge is 0.191 e. The van der Waals surface area contributed by atoms with Gasteiger partial charge in [0.1, 0.15) is 12.4 Å². The fourth-order valence-electron chi connectivity index (χ4n) is 3.35. The highest BCUT2D eigenvalue weighted by atomic mass is 16.5. The number of ether oxygens (including phenoxy) is 2. The van der Waals surface area contributed by atoms with Gasteiger partial charge in [-0.15, -0.1) is 0 Å². The molecule has 0 spiro atoms. The number of methoxy groups -OCH3 is 1. The zero-order valence-electron chi connectivity index (χ0n) is 18.6. The maximum atomic E-state index is 5.89. The van der Waals surface area contributed by atoms with Crippen molar-refractivity contribution in [1.82, 2.24) is 15.6 Å². The third-order valence-electron chi connectivity index (χ3n) is 4.92. The van der Waals surface area contributed by atoms with Gasteiger partial charge in [-0.25, -0.2) is 4.99 Å². The van der Waals surface area contributed by atoms with E-state index in [4.69, 9.17) is 14.5 Å². The van der Waals surface area contributed by atoms with Crippen molar-refractivity contribution in [1.29, 1.82) is 0 Å². The quantitative estimate of drug-likeness (QED) is 0.296. The third-order valence-corrected chi connectivity index (χ3v) is 4.92. The first-order valence-electron chi connectivity index (χ1n) is 10.8. The molecule has 0 aliphatic carbocycles. The average Bonchev–Trinajstić information content (AvgIpc) is 2.78. The SMILES string of the molecule is CCNC(=NCc1ccc(C)cc1OCCOC)NCCc1cccc2cccnc12. The Morgan fingerprint density at radius 2 is 1.90 bits per heavy atom. The van der Waals surface area contributed by atoms with E-state index >= 15 is 0 Å². The Morgan fingerprint density at radius 3 is 2.74 bits per heavy atom. The van der Waals surface area contributed by atoms with Crippen LogP contribution in [0.15, 0.2) is 59.7 Å². The van der Waals surface area contributed by atoms with Crippen LogP contribution in [0.4, 0.5) is 0 Å². The van der Waals surface area contributed by atoms with Crippen LogP contribution in [0.1, 0.15) is 23.6 Å². The first-order valence-corrected chi connectivity index (χ1v) is 10.8. The van der Waals surface area contributed by atoms with Crippen molar-refractivity contribution in [2.24, 2.45) is 4.99 Å². The van der Waals surface area contributed by atoms with Crippen LogP contribution in [-0.4, -0.2) is 44.4 Å². The average molecular weight is 421 g/mol. The molecule has 0 radical (unpaired) electrons. The van der Waals surface area contributed by atoms with Crippen molar-refractivity contribution in [2.45, 2.75) is 26.8 Å². The predicted molar refractivity (Wildman–Crippen MR) is 127 cm³/mol. The molecule has 0 atom stereocenters. The summed E-state index contributed by atoms with van der Waals surface area (Å²) in [7, 11) is 1.67. The summed E-state index contributed by atoms with van der Waals surface area (Å²) in [5, 5.41) is 7.93. The minimum absolute atomic E-state index is 0.522. The van der Waals surface area contributed by atoms with Crippen LogP contribution in [-0.2, 0) is 17.7 Å². The summed E-state index contributed by atoms with van der Waals surface area (Å²) in [6.45, 7) is 7.31. The highest BCUT2D eigenvalue weighted by Crippen LogP contribution is 2.21. The van der Waals surface area contributed by atoms with Crippen molar-refractivity contribution in [3.05, 3.63) is 71.4 Å². The molecule has 1 aromatic heterocycles. The number of benzene rings is 2. The van der Waals surface area contributed by atoms with Crippen molar-refractivity contribution in [3.8, 4) is 5.75 Å². The van der Waals surface area contributed by atoms with Gasteiger partial charge in [-0.05, 0) is 43.5 Å². The minimum Gasteiger partial charge on any atom is -0.491 e. The molecule has 0 saturated heterocycles. The number of hydrogen-bond donors (Lipinski definition) is 2. The molecule has 6 heteroatoms. The van der Waals surface area contributed by atoms with Gasteiger partial charge in [0.05, 0.1) is 18.7 Å². The van der Waals surface area contributed by atoms with Crippen molar-refractivity contribution in [3.63, 3.8) is 0 Å². The van der Waals surface area contributed by atoms with Crippen LogP contribution in [0.25, 0.3) is 10.9 Å². The number of fused-ring (bicyclic) bond motifs is 1. The molecule has 0 aliphatic heterocycles. The molecule has 0 aliphatic rings. The Bertz CT molecular complexity index is 998. The van der Waals surface area contributed by atoms with Crippen LogP contribution in [0.3, 0.4) is 0 Å². The number of aromatic nitrogens is 1. The molecule has 0 bridgehead atoms. The molecule has 31 heavy (non-hydrogen) atoms. The number of nitrogens with one attached hydrogen (secondary N) is 2. The topological polar surface area (TPSA) is 67.8 Å². The van der Waals surface area contributed by atoms with Gasteiger partial charge in [-0.3, -0.25) is 4.98 Å². The lowest BCUT2D eigenvalue weighted by Crippen LogP contribution is -2.38. The van der Waals surface area contributed by atoms with E-state index < -0.39 is 0 Å². The van der Waals surface area contributed by atoms with Crippen molar-refractivity contribution in [2.75, 3.05) is 33.4 Å². The minimum atomic E-state index is 0.522. The lowest BCUT2D eigenvalue weighted by molar-refractivity contribution is 0.145. The molecule has 0 fully saturated rings. The van der Waals surface area contributed by atoms with E-state index in [-0.39, 0.29) is 0 Å². The summed E-state index contributed by atoms with van der Waals surface area (Å²) in [5.74, 6) is 1.65. The number of pyridine rings is 1. The summed E-state index contributed by atoms with van der Waals surface area (Å²) in [4.78, 5) is 9.31. The van der Waals surface area contributed by atoms with E-state index in [2.05, 4.69) is 65.9 Å². The number of guanidine groups is 1. The van der Waals surface area contributed by atoms with Gasteiger partial charge in [0.15, 0.2) is 5.96 Å². The van der Waals surface area contributed by atoms with E-state index in [0.717, 1.165) is 47.9 Å². The second-order valence-electron chi connectivity index (χ2n) is 7.32. The first kappa shape index (κ1) is 22.6. The molecule has 0 amide bonds. The van der Waals surface area contributed by atoms with Crippen molar-refractivity contribution < 1.29 is 9.47 Å². The largest absolute Gasteiger partial charge is 0.491 e. The number of rotatable bonds is 10. The van der Waals surface area contributed by atoms with Gasteiger partial charge in [0.25, 0.3) is 0 Å². The Labute approximate surface area is 184 Å². The standard InChI is InChI=1S/C25H32N4O2/c1-4-26-25(28-14-12-21-8-5-7-20-9-6-13-27-24(20)21)29-18-22-11-10-19(2)17-23(22)31-16-15-30-3/h5-11,13,17H,4,12,14-16,18H2,1-3H3,(H2,26,28,29). The van der Waals surface area contributed by atoms with E-state index in [1.165, 1.54) is 10.9 Å². The highest BCUT2D eigenvalue weighted by Gasteiger charge is 2.06. The van der Waals surface area contributed by atoms with Gasteiger partial charge in [0.2, 0.25) is 0 Å². The number of hydrogen-bond acceptors (Lipinski definition) is 4. The van der Waals surface area contributed by atoms with Gasteiger partial charge in [-0.2, -0.15) is 0 Å². The number of para-hydroxylation sites is 1. The van der Waals surface area contributed by atoms with Crippen LogP contribution < -0.4 is 15.4 Å². The summed E-state index contributed by atoms with van der Waals surface area (Å²) in [6, 6.07) is 16.6. The van der Waals surface area contributed by atoms with Gasteiger partial charge in [-0.1, -0.05) is 36.4 Å². The molecule has 2 aromatic carbocycles. The molecule has 3 aromatic rings. The zero-order chi connectivity index (χ0) is 21.9. The van der Waals surface area contributed by atoms with Gasteiger partial charge >= 0.3 is 0 Å². The maximum absolute atomic E-state index is 5.89. The number of nitrogens with zero attached hydrogens (tertiary/aromatic N) is 2. The summed E-state index contributed by atoms with van der Waals surface area (Å²) < 4.78 is 11.0. The van der Waals surface area contributed by atoms with E-state index in [0.29, 0.717) is 19.8 Å². The normalized spacial score (nSPS) is 11.5. The fourth-order valence-corrected chi connectivity index (χ4v) is 3.35. The monoisotopic (exact) mass is 420 g/mol. The first-order chi connectivity index (χ1) is 15.2. The molecule has 164 valence electrons. The molecular formula is C25H32N4O2. The third kappa shape index (κ3) is 6.69. The molecular weight excluding hydrogens is 388 g/mol. The maximum Gasteiger partial charge on any atom is 0.191 e. The second-order valence-corrected chi connectivity index (χ2v) is 7.32. The van der Waals surface area contributed by atoms with Crippen LogP contribution >= 0.6 is 0 Å². The number of aliphatic imine (C=N–C) groups is 1. The van der Waals surface area contributed by atoms with E-state index in [1.54, 1.807) is 7.11 Å².